The molecule has 5 heteroatoms. The predicted octanol–water partition coefficient (Wildman–Crippen LogP) is 2.12. The molecule has 1 aliphatic heterocycles. The van der Waals surface area contributed by atoms with E-state index in [1.165, 1.54) is 0 Å². The zero-order valence-electron chi connectivity index (χ0n) is 14.0. The number of hydrogen-bond donors (Lipinski definition) is 0. The van der Waals surface area contributed by atoms with E-state index in [9.17, 15) is 4.79 Å². The van der Waals surface area contributed by atoms with Crippen LogP contribution < -0.4 is 9.47 Å². The van der Waals surface area contributed by atoms with Gasteiger partial charge in [0.05, 0.1) is 14.2 Å². The standard InChI is InChI=1S/C17H26N2O3/c1-13(2)12-18-8-10-19(11-9-18)17(20)16-14(21-3)6-5-7-15(16)22-4/h5-7,13H,8-12H2,1-4H3. The summed E-state index contributed by atoms with van der Waals surface area (Å²) in [6.07, 6.45) is 0. The fraction of sp³-hybridized carbons (Fsp3) is 0.588. The highest BCUT2D eigenvalue weighted by Crippen LogP contribution is 2.29. The Balaban J connectivity index is 2.10. The molecule has 5 nitrogen and oxygen atoms in total. The second-order valence-electron chi connectivity index (χ2n) is 6.02. The number of ether oxygens (including phenoxy) is 2. The molecule has 1 heterocycles. The Morgan fingerprint density at radius 3 is 2.09 bits per heavy atom. The SMILES string of the molecule is COc1cccc(OC)c1C(=O)N1CCN(CC(C)C)CC1. The number of benzene rings is 1. The third-order valence-electron chi connectivity index (χ3n) is 3.92. The van der Waals surface area contributed by atoms with Crippen LogP contribution in [0.4, 0.5) is 0 Å². The van der Waals surface area contributed by atoms with E-state index in [-0.39, 0.29) is 5.91 Å². The van der Waals surface area contributed by atoms with Crippen LogP contribution in [-0.4, -0.2) is 62.7 Å². The van der Waals surface area contributed by atoms with Crippen molar-refractivity contribution in [3.8, 4) is 11.5 Å². The third-order valence-corrected chi connectivity index (χ3v) is 3.92. The Morgan fingerprint density at radius 2 is 1.64 bits per heavy atom. The lowest BCUT2D eigenvalue weighted by Gasteiger charge is -2.35. The summed E-state index contributed by atoms with van der Waals surface area (Å²) in [7, 11) is 3.15. The maximum absolute atomic E-state index is 12.8. The van der Waals surface area contributed by atoms with E-state index in [0.29, 0.717) is 23.0 Å². The molecular formula is C17H26N2O3. The van der Waals surface area contributed by atoms with Gasteiger partial charge in [-0.3, -0.25) is 9.69 Å². The number of rotatable bonds is 5. The topological polar surface area (TPSA) is 42.0 Å². The normalized spacial score (nSPS) is 16.0. The van der Waals surface area contributed by atoms with Crippen molar-refractivity contribution >= 4 is 5.91 Å². The molecule has 0 aromatic heterocycles. The Morgan fingerprint density at radius 1 is 1.09 bits per heavy atom. The summed E-state index contributed by atoms with van der Waals surface area (Å²) in [6.45, 7) is 8.84. The molecule has 1 amide bonds. The molecule has 1 fully saturated rings. The lowest BCUT2D eigenvalue weighted by atomic mass is 10.1. The van der Waals surface area contributed by atoms with Gasteiger partial charge >= 0.3 is 0 Å². The lowest BCUT2D eigenvalue weighted by Crippen LogP contribution is -2.49. The summed E-state index contributed by atoms with van der Waals surface area (Å²) in [4.78, 5) is 17.1. The Kier molecular flexibility index (Phi) is 5.66. The first kappa shape index (κ1) is 16.6. The zero-order chi connectivity index (χ0) is 16.1. The molecule has 1 aromatic carbocycles. The smallest absolute Gasteiger partial charge is 0.261 e. The molecule has 0 unspecified atom stereocenters. The van der Waals surface area contributed by atoms with Crippen molar-refractivity contribution in [1.82, 2.24) is 9.80 Å². The van der Waals surface area contributed by atoms with Crippen LogP contribution in [0, 0.1) is 5.92 Å². The predicted molar refractivity (Wildman–Crippen MR) is 86.7 cm³/mol. The minimum Gasteiger partial charge on any atom is -0.496 e. The molecule has 0 spiro atoms. The molecule has 0 aliphatic carbocycles. The number of nitrogens with zero attached hydrogens (tertiary/aromatic N) is 2. The van der Waals surface area contributed by atoms with Gasteiger partial charge in [0.2, 0.25) is 0 Å². The van der Waals surface area contributed by atoms with Crippen molar-refractivity contribution in [2.24, 2.45) is 5.92 Å². The highest BCUT2D eigenvalue weighted by Gasteiger charge is 2.27. The molecule has 0 saturated carbocycles. The summed E-state index contributed by atoms with van der Waals surface area (Å²) in [5.41, 5.74) is 0.518. The number of hydrogen-bond acceptors (Lipinski definition) is 4. The second-order valence-corrected chi connectivity index (χ2v) is 6.02. The number of amides is 1. The maximum atomic E-state index is 12.8. The zero-order valence-corrected chi connectivity index (χ0v) is 14.0. The van der Waals surface area contributed by atoms with E-state index in [2.05, 4.69) is 18.7 Å². The van der Waals surface area contributed by atoms with E-state index in [1.54, 1.807) is 26.4 Å². The Hall–Kier alpha value is -1.75. The third kappa shape index (κ3) is 3.71. The second kappa shape index (κ2) is 7.49. The van der Waals surface area contributed by atoms with Crippen LogP contribution >= 0.6 is 0 Å². The molecule has 122 valence electrons. The van der Waals surface area contributed by atoms with Gasteiger partial charge < -0.3 is 14.4 Å². The van der Waals surface area contributed by atoms with Gasteiger partial charge in [-0.1, -0.05) is 19.9 Å². The minimum atomic E-state index is -0.0153. The van der Waals surface area contributed by atoms with Crippen LogP contribution in [0.3, 0.4) is 0 Å². The average Bonchev–Trinajstić information content (AvgIpc) is 2.53. The fourth-order valence-corrected chi connectivity index (χ4v) is 2.87. The van der Waals surface area contributed by atoms with Crippen LogP contribution in [0.15, 0.2) is 18.2 Å². The first-order chi connectivity index (χ1) is 10.6. The van der Waals surface area contributed by atoms with Crippen LogP contribution in [0.2, 0.25) is 0 Å². The summed E-state index contributed by atoms with van der Waals surface area (Å²) in [5, 5.41) is 0. The Labute approximate surface area is 132 Å². The van der Waals surface area contributed by atoms with Gasteiger partial charge in [-0.15, -0.1) is 0 Å². The van der Waals surface area contributed by atoms with Crippen molar-refractivity contribution in [2.75, 3.05) is 46.9 Å². The van der Waals surface area contributed by atoms with Gasteiger partial charge in [-0.05, 0) is 18.1 Å². The summed E-state index contributed by atoms with van der Waals surface area (Å²) in [5.74, 6) is 1.76. The largest absolute Gasteiger partial charge is 0.496 e. The number of piperazine rings is 1. The van der Waals surface area contributed by atoms with Gasteiger partial charge in [0.1, 0.15) is 17.1 Å². The van der Waals surface area contributed by atoms with Crippen LogP contribution in [-0.2, 0) is 0 Å². The maximum Gasteiger partial charge on any atom is 0.261 e. The van der Waals surface area contributed by atoms with Crippen LogP contribution in [0.1, 0.15) is 24.2 Å². The van der Waals surface area contributed by atoms with Gasteiger partial charge in [0.15, 0.2) is 0 Å². The molecular weight excluding hydrogens is 280 g/mol. The van der Waals surface area contributed by atoms with Crippen LogP contribution in [0.5, 0.6) is 11.5 Å². The van der Waals surface area contributed by atoms with Crippen molar-refractivity contribution < 1.29 is 14.3 Å². The van der Waals surface area contributed by atoms with Gasteiger partial charge in [0.25, 0.3) is 5.91 Å². The van der Waals surface area contributed by atoms with E-state index in [1.807, 2.05) is 11.0 Å². The summed E-state index contributed by atoms with van der Waals surface area (Å²) in [6, 6.07) is 5.42. The number of carbonyl (C=O) groups excluding carboxylic acids is 1. The van der Waals surface area contributed by atoms with E-state index >= 15 is 0 Å². The van der Waals surface area contributed by atoms with Crippen molar-refractivity contribution in [3.63, 3.8) is 0 Å². The molecule has 1 aromatic rings. The molecule has 0 N–H and O–H groups in total. The average molecular weight is 306 g/mol. The monoisotopic (exact) mass is 306 g/mol. The van der Waals surface area contributed by atoms with E-state index < -0.39 is 0 Å². The molecule has 0 bridgehead atoms. The molecule has 2 rings (SSSR count). The molecule has 1 saturated heterocycles. The van der Waals surface area contributed by atoms with Gasteiger partial charge in [-0.2, -0.15) is 0 Å². The van der Waals surface area contributed by atoms with Gasteiger partial charge in [0, 0.05) is 32.7 Å². The van der Waals surface area contributed by atoms with Crippen molar-refractivity contribution in [3.05, 3.63) is 23.8 Å². The number of carbonyl (C=O) groups is 1. The summed E-state index contributed by atoms with van der Waals surface area (Å²) < 4.78 is 10.7. The highest BCUT2D eigenvalue weighted by atomic mass is 16.5. The van der Waals surface area contributed by atoms with E-state index in [4.69, 9.17) is 9.47 Å². The summed E-state index contributed by atoms with van der Waals surface area (Å²) >= 11 is 0. The first-order valence-corrected chi connectivity index (χ1v) is 7.79. The Bertz CT molecular complexity index is 486. The van der Waals surface area contributed by atoms with Gasteiger partial charge in [-0.25, -0.2) is 0 Å². The van der Waals surface area contributed by atoms with Crippen molar-refractivity contribution in [2.45, 2.75) is 13.8 Å². The fourth-order valence-electron chi connectivity index (χ4n) is 2.87. The molecule has 0 radical (unpaired) electrons. The van der Waals surface area contributed by atoms with Crippen LogP contribution in [0.25, 0.3) is 0 Å². The molecule has 0 atom stereocenters. The van der Waals surface area contributed by atoms with E-state index in [0.717, 1.165) is 32.7 Å². The number of methoxy groups -OCH3 is 2. The minimum absolute atomic E-state index is 0.0153. The van der Waals surface area contributed by atoms with Crippen molar-refractivity contribution in [1.29, 1.82) is 0 Å². The lowest BCUT2D eigenvalue weighted by molar-refractivity contribution is 0.0617. The molecule has 1 aliphatic rings. The molecule has 22 heavy (non-hydrogen) atoms. The highest BCUT2D eigenvalue weighted by molar-refractivity contribution is 5.99. The first-order valence-electron chi connectivity index (χ1n) is 7.79. The quantitative estimate of drug-likeness (QED) is 0.835.